The van der Waals surface area contributed by atoms with Gasteiger partial charge in [-0.05, 0) is 30.3 Å². The monoisotopic (exact) mass is 624 g/mol. The summed E-state index contributed by atoms with van der Waals surface area (Å²) in [6.07, 6.45) is -2.02. The predicted molar refractivity (Wildman–Crippen MR) is 151 cm³/mol. The summed E-state index contributed by atoms with van der Waals surface area (Å²) >= 11 is 0. The molecule has 44 heavy (non-hydrogen) atoms. The first-order valence-corrected chi connectivity index (χ1v) is 13.9. The second-order valence-electron chi connectivity index (χ2n) is 9.11. The molecule has 0 aliphatic carbocycles. The molecule has 0 bridgehead atoms. The normalized spacial score (nSPS) is 13.1. The minimum atomic E-state index is -4.48. The number of esters is 1. The van der Waals surface area contributed by atoms with Crippen LogP contribution in [0.2, 0.25) is 0 Å². The van der Waals surface area contributed by atoms with Gasteiger partial charge in [0.15, 0.2) is 0 Å². The molecule has 2 aromatic rings. The summed E-state index contributed by atoms with van der Waals surface area (Å²) in [5.74, 6) is -1.31. The van der Waals surface area contributed by atoms with Crippen LogP contribution in [-0.2, 0) is 44.2 Å². The van der Waals surface area contributed by atoms with Crippen molar-refractivity contribution in [2.45, 2.75) is 6.18 Å². The van der Waals surface area contributed by atoms with E-state index in [1.165, 1.54) is 30.4 Å². The maximum absolute atomic E-state index is 13.0. The lowest BCUT2D eigenvalue weighted by molar-refractivity contribution is -0.138. The Bertz CT molecular complexity index is 1220. The van der Waals surface area contributed by atoms with Gasteiger partial charge in [0.2, 0.25) is 0 Å². The molecule has 2 aromatic carbocycles. The Balaban J connectivity index is 1.14. The van der Waals surface area contributed by atoms with Gasteiger partial charge in [0.25, 0.3) is 11.8 Å². The zero-order valence-corrected chi connectivity index (χ0v) is 24.0. The summed E-state index contributed by atoms with van der Waals surface area (Å²) in [7, 11) is 0. The summed E-state index contributed by atoms with van der Waals surface area (Å²) in [5.41, 5.74) is -0.124. The van der Waals surface area contributed by atoms with Crippen LogP contribution in [0.4, 0.5) is 24.5 Å². The van der Waals surface area contributed by atoms with Crippen molar-refractivity contribution in [1.29, 1.82) is 0 Å². The molecule has 0 saturated heterocycles. The molecule has 2 amide bonds. The fourth-order valence-electron chi connectivity index (χ4n) is 3.76. The van der Waals surface area contributed by atoms with Crippen molar-refractivity contribution in [3.05, 3.63) is 71.8 Å². The van der Waals surface area contributed by atoms with E-state index in [1.807, 2.05) is 0 Å². The third-order valence-corrected chi connectivity index (χ3v) is 5.92. The minimum absolute atomic E-state index is 0.0137. The zero-order chi connectivity index (χ0) is 31.6. The van der Waals surface area contributed by atoms with E-state index >= 15 is 0 Å². The highest BCUT2D eigenvalue weighted by Gasteiger charge is 2.30. The molecule has 0 unspecified atom stereocenters. The fraction of sp³-hybridized carbons (Fsp3) is 0.433. The summed E-state index contributed by atoms with van der Waals surface area (Å²) in [4.78, 5) is 36.4. The number of alkyl halides is 3. The number of rotatable bonds is 21. The summed E-state index contributed by atoms with van der Waals surface area (Å²) in [6.45, 7) is 3.36. The van der Waals surface area contributed by atoms with Crippen molar-refractivity contribution >= 4 is 29.2 Å². The van der Waals surface area contributed by atoms with Crippen molar-refractivity contribution in [2.75, 3.05) is 84.5 Å². The average Bonchev–Trinajstić information content (AvgIpc) is 3.32. The SMILES string of the molecule is O=C(OCCOCCOCCOCCOCCOCCN1C(=O)C=CC1=O)c1ccccc1Nc1cccc(C(F)(F)F)c1. The maximum atomic E-state index is 13.0. The van der Waals surface area contributed by atoms with Crippen molar-refractivity contribution in [1.82, 2.24) is 4.90 Å². The third kappa shape index (κ3) is 12.4. The molecule has 3 rings (SSSR count). The number of benzene rings is 2. The van der Waals surface area contributed by atoms with Crippen molar-refractivity contribution in [3.8, 4) is 0 Å². The average molecular weight is 625 g/mol. The van der Waals surface area contributed by atoms with Gasteiger partial charge in [-0.2, -0.15) is 13.2 Å². The Labute approximate surface area is 252 Å². The molecular formula is C30H35F3N2O9. The number of amides is 2. The number of carbonyl (C=O) groups is 3. The van der Waals surface area contributed by atoms with E-state index < -0.39 is 17.7 Å². The highest BCUT2D eigenvalue weighted by atomic mass is 19.4. The van der Waals surface area contributed by atoms with Crippen LogP contribution >= 0.6 is 0 Å². The van der Waals surface area contributed by atoms with Crippen LogP contribution in [0.1, 0.15) is 15.9 Å². The number of hydrogen-bond donors (Lipinski definition) is 1. The van der Waals surface area contributed by atoms with Gasteiger partial charge in [-0.1, -0.05) is 18.2 Å². The minimum Gasteiger partial charge on any atom is -0.460 e. The first-order valence-electron chi connectivity index (χ1n) is 13.9. The van der Waals surface area contributed by atoms with Crippen molar-refractivity contribution in [2.24, 2.45) is 0 Å². The topological polar surface area (TPSA) is 122 Å². The zero-order valence-electron chi connectivity index (χ0n) is 24.0. The fourth-order valence-corrected chi connectivity index (χ4v) is 3.76. The molecule has 0 radical (unpaired) electrons. The largest absolute Gasteiger partial charge is 0.460 e. The molecule has 14 heteroatoms. The second-order valence-corrected chi connectivity index (χ2v) is 9.11. The van der Waals surface area contributed by atoms with Gasteiger partial charge in [0.05, 0.1) is 89.4 Å². The molecule has 0 fully saturated rings. The first-order chi connectivity index (χ1) is 21.3. The van der Waals surface area contributed by atoms with Crippen LogP contribution in [0.3, 0.4) is 0 Å². The molecule has 240 valence electrons. The lowest BCUT2D eigenvalue weighted by Gasteiger charge is -2.13. The lowest BCUT2D eigenvalue weighted by atomic mass is 10.1. The summed E-state index contributed by atoms with van der Waals surface area (Å²) in [5, 5.41) is 2.84. The molecule has 11 nitrogen and oxygen atoms in total. The number of ether oxygens (including phenoxy) is 6. The number of anilines is 2. The molecule has 0 atom stereocenters. The van der Waals surface area contributed by atoms with Crippen LogP contribution in [0.5, 0.6) is 0 Å². The van der Waals surface area contributed by atoms with E-state index in [4.69, 9.17) is 28.4 Å². The Morgan fingerprint density at radius 2 is 1.20 bits per heavy atom. The van der Waals surface area contributed by atoms with Gasteiger partial charge < -0.3 is 33.7 Å². The third-order valence-electron chi connectivity index (χ3n) is 5.92. The van der Waals surface area contributed by atoms with Crippen LogP contribution < -0.4 is 5.32 Å². The van der Waals surface area contributed by atoms with Gasteiger partial charge in [-0.15, -0.1) is 0 Å². The number of hydrogen-bond acceptors (Lipinski definition) is 10. The number of carbonyl (C=O) groups excluding carboxylic acids is 3. The van der Waals surface area contributed by atoms with Crippen LogP contribution in [0.15, 0.2) is 60.7 Å². The molecule has 1 N–H and O–H groups in total. The van der Waals surface area contributed by atoms with Gasteiger partial charge in [-0.25, -0.2) is 4.79 Å². The highest BCUT2D eigenvalue weighted by Crippen LogP contribution is 2.32. The molecule has 1 aliphatic heterocycles. The molecule has 0 aromatic heterocycles. The van der Waals surface area contributed by atoms with Gasteiger partial charge in [0.1, 0.15) is 6.61 Å². The standard InChI is InChI=1S/C30H35F3N2O9/c31-30(32,33)23-4-3-5-24(22-23)34-26-7-2-1-6-25(26)29(38)44-21-20-43-19-18-42-17-16-41-15-14-40-13-12-39-11-10-35-27(36)8-9-28(35)37/h1-9,22,34H,10-21H2. The number of para-hydroxylation sites is 1. The lowest BCUT2D eigenvalue weighted by Crippen LogP contribution is -2.33. The first kappa shape index (κ1) is 34.7. The maximum Gasteiger partial charge on any atom is 0.416 e. The van der Waals surface area contributed by atoms with E-state index in [0.29, 0.717) is 51.9 Å². The van der Waals surface area contributed by atoms with Crippen molar-refractivity contribution in [3.63, 3.8) is 0 Å². The van der Waals surface area contributed by atoms with Crippen LogP contribution in [0.25, 0.3) is 0 Å². The summed E-state index contributed by atoms with van der Waals surface area (Å²) in [6, 6.07) is 11.1. The Hall–Kier alpha value is -3.82. The second kappa shape index (κ2) is 18.8. The molecule has 0 spiro atoms. The van der Waals surface area contributed by atoms with E-state index in [-0.39, 0.29) is 56.0 Å². The Kier molecular flexibility index (Phi) is 14.8. The number of nitrogens with one attached hydrogen (secondary N) is 1. The van der Waals surface area contributed by atoms with Crippen LogP contribution in [-0.4, -0.2) is 102 Å². The van der Waals surface area contributed by atoms with E-state index in [0.717, 1.165) is 17.0 Å². The van der Waals surface area contributed by atoms with E-state index in [1.54, 1.807) is 18.2 Å². The van der Waals surface area contributed by atoms with Gasteiger partial charge in [0, 0.05) is 17.8 Å². The van der Waals surface area contributed by atoms with E-state index in [2.05, 4.69) is 5.32 Å². The van der Waals surface area contributed by atoms with E-state index in [9.17, 15) is 27.6 Å². The smallest absolute Gasteiger partial charge is 0.416 e. The number of nitrogens with zero attached hydrogens (tertiary/aromatic N) is 1. The quantitative estimate of drug-likeness (QED) is 0.125. The number of imide groups is 1. The number of halogens is 3. The molecule has 1 aliphatic rings. The van der Waals surface area contributed by atoms with Crippen molar-refractivity contribution < 1.29 is 56.0 Å². The highest BCUT2D eigenvalue weighted by molar-refractivity contribution is 6.12. The van der Waals surface area contributed by atoms with Crippen LogP contribution in [0, 0.1) is 0 Å². The molecule has 0 saturated carbocycles. The molecule has 1 heterocycles. The predicted octanol–water partition coefficient (Wildman–Crippen LogP) is 3.61. The van der Waals surface area contributed by atoms with Gasteiger partial charge in [-0.3, -0.25) is 14.5 Å². The Morgan fingerprint density at radius 1 is 0.682 bits per heavy atom. The van der Waals surface area contributed by atoms with Gasteiger partial charge >= 0.3 is 12.1 Å². The molecular weight excluding hydrogens is 589 g/mol. The summed E-state index contributed by atoms with van der Waals surface area (Å²) < 4.78 is 71.2. The Morgan fingerprint density at radius 3 is 1.77 bits per heavy atom.